The quantitative estimate of drug-likeness (QED) is 0.484. The van der Waals surface area contributed by atoms with Gasteiger partial charge in [-0.05, 0) is 6.07 Å². The Morgan fingerprint density at radius 3 is 2.82 bits per heavy atom. The minimum absolute atomic E-state index is 0.0260. The maximum absolute atomic E-state index is 12.5. The van der Waals surface area contributed by atoms with Crippen molar-refractivity contribution in [1.82, 2.24) is 0 Å². The number of benzene rings is 1. The van der Waals surface area contributed by atoms with Gasteiger partial charge in [0.1, 0.15) is 0 Å². The van der Waals surface area contributed by atoms with E-state index in [1.807, 2.05) is 0 Å². The Bertz CT molecular complexity index is 303. The maximum atomic E-state index is 12.5. The Morgan fingerprint density at radius 2 is 2.36 bits per heavy atom. The Balaban J connectivity index is 3.23. The van der Waals surface area contributed by atoms with Crippen molar-refractivity contribution >= 4 is 17.3 Å². The van der Waals surface area contributed by atoms with E-state index in [2.05, 4.69) is 6.07 Å². The molecule has 0 aliphatic carbocycles. The van der Waals surface area contributed by atoms with Crippen LogP contribution in [0.25, 0.3) is 0 Å². The molecule has 0 atom stereocenters. The summed E-state index contributed by atoms with van der Waals surface area (Å²) < 4.78 is 12.5. The number of nitrogens with zero attached hydrogens (tertiary/aromatic N) is 1. The lowest BCUT2D eigenvalue weighted by molar-refractivity contribution is -0.387. The number of nitro groups is 1. The number of halogens is 2. The fourth-order valence-electron chi connectivity index (χ4n) is 0.577. The van der Waals surface area contributed by atoms with Crippen molar-refractivity contribution in [3.63, 3.8) is 0 Å². The summed E-state index contributed by atoms with van der Waals surface area (Å²) in [6, 6.07) is 4.03. The van der Waals surface area contributed by atoms with Gasteiger partial charge in [-0.2, -0.15) is 4.39 Å². The van der Waals surface area contributed by atoms with Gasteiger partial charge in [-0.15, -0.1) is 0 Å². The van der Waals surface area contributed by atoms with Crippen LogP contribution in [0, 0.1) is 22.0 Å². The molecule has 1 rings (SSSR count). The molecule has 0 spiro atoms. The molecule has 1 radical (unpaired) electrons. The van der Waals surface area contributed by atoms with E-state index in [0.717, 1.165) is 12.1 Å². The highest BCUT2D eigenvalue weighted by atomic mass is 35.5. The number of rotatable bonds is 1. The highest BCUT2D eigenvalue weighted by molar-refractivity contribution is 6.30. The van der Waals surface area contributed by atoms with Crippen molar-refractivity contribution in [3.05, 3.63) is 39.2 Å². The molecule has 0 aliphatic heterocycles. The monoisotopic (exact) mass is 174 g/mol. The normalized spacial score (nSPS) is 9.64. The lowest BCUT2D eigenvalue weighted by atomic mass is 10.3. The van der Waals surface area contributed by atoms with E-state index in [4.69, 9.17) is 11.6 Å². The standard InChI is InChI=1S/C6H2ClFNO2/c7-4-1-2-5(8)6(3-4)9(10)11/h2-3H. The van der Waals surface area contributed by atoms with Crippen LogP contribution in [0.5, 0.6) is 0 Å². The summed E-state index contributed by atoms with van der Waals surface area (Å²) in [5.41, 5.74) is -0.631. The summed E-state index contributed by atoms with van der Waals surface area (Å²) in [5.74, 6) is -0.931. The van der Waals surface area contributed by atoms with Crippen molar-refractivity contribution in [2.75, 3.05) is 0 Å². The Hall–Kier alpha value is -1.16. The van der Waals surface area contributed by atoms with Crippen molar-refractivity contribution in [2.24, 2.45) is 0 Å². The van der Waals surface area contributed by atoms with Crippen LogP contribution in [0.15, 0.2) is 12.1 Å². The minimum atomic E-state index is -0.931. The first-order chi connectivity index (χ1) is 5.11. The van der Waals surface area contributed by atoms with E-state index in [1.54, 1.807) is 0 Å². The summed E-state index contributed by atoms with van der Waals surface area (Å²) in [6.07, 6.45) is 0. The van der Waals surface area contributed by atoms with Crippen molar-refractivity contribution in [3.8, 4) is 0 Å². The van der Waals surface area contributed by atoms with E-state index in [-0.39, 0.29) is 5.02 Å². The lowest BCUT2D eigenvalue weighted by Crippen LogP contribution is -1.91. The molecule has 0 fully saturated rings. The first-order valence-corrected chi connectivity index (χ1v) is 3.00. The molecule has 3 nitrogen and oxygen atoms in total. The first kappa shape index (κ1) is 7.94. The molecule has 0 amide bonds. The zero-order valence-corrected chi connectivity index (χ0v) is 5.93. The van der Waals surface area contributed by atoms with Crippen LogP contribution in [-0.2, 0) is 0 Å². The molecule has 0 bridgehead atoms. The Kier molecular flexibility index (Phi) is 2.05. The Labute approximate surface area is 66.6 Å². The average Bonchev–Trinajstić information content (AvgIpc) is 1.94. The van der Waals surface area contributed by atoms with Crippen molar-refractivity contribution in [1.29, 1.82) is 0 Å². The fourth-order valence-corrected chi connectivity index (χ4v) is 0.735. The molecule has 0 aliphatic rings. The average molecular weight is 175 g/mol. The summed E-state index contributed by atoms with van der Waals surface area (Å²) in [4.78, 5) is 9.23. The van der Waals surface area contributed by atoms with Crippen LogP contribution < -0.4 is 0 Å². The van der Waals surface area contributed by atoms with Crippen LogP contribution in [0.2, 0.25) is 5.02 Å². The second-order valence-electron chi connectivity index (χ2n) is 1.77. The van der Waals surface area contributed by atoms with E-state index in [9.17, 15) is 14.5 Å². The molecule has 11 heavy (non-hydrogen) atoms. The second-order valence-corrected chi connectivity index (χ2v) is 2.18. The molecular formula is C6H2ClFNO2. The van der Waals surface area contributed by atoms with Crippen molar-refractivity contribution in [2.45, 2.75) is 0 Å². The largest absolute Gasteiger partial charge is 0.306 e. The molecule has 5 heteroatoms. The number of hydrogen-bond acceptors (Lipinski definition) is 2. The zero-order valence-electron chi connectivity index (χ0n) is 5.17. The third-order valence-corrected chi connectivity index (χ3v) is 1.26. The molecule has 0 heterocycles. The van der Waals surface area contributed by atoms with E-state index in [1.165, 1.54) is 0 Å². The molecular weight excluding hydrogens is 173 g/mol. The van der Waals surface area contributed by atoms with Gasteiger partial charge in [0.25, 0.3) is 0 Å². The third-order valence-electron chi connectivity index (χ3n) is 1.04. The highest BCUT2D eigenvalue weighted by Crippen LogP contribution is 2.20. The SMILES string of the molecule is O=[N+]([O-])c1cc(Cl)[c]cc1F. The van der Waals surface area contributed by atoms with Gasteiger partial charge in [0.2, 0.25) is 5.82 Å². The van der Waals surface area contributed by atoms with Gasteiger partial charge in [0.05, 0.1) is 9.95 Å². The third kappa shape index (κ3) is 1.65. The smallest absolute Gasteiger partial charge is 0.258 e. The van der Waals surface area contributed by atoms with Gasteiger partial charge in [0.15, 0.2) is 0 Å². The van der Waals surface area contributed by atoms with Crippen LogP contribution in [-0.4, -0.2) is 4.92 Å². The predicted octanol–water partition coefficient (Wildman–Crippen LogP) is 2.19. The van der Waals surface area contributed by atoms with Gasteiger partial charge < -0.3 is 0 Å². The van der Waals surface area contributed by atoms with Gasteiger partial charge >= 0.3 is 5.69 Å². The summed E-state index contributed by atoms with van der Waals surface area (Å²) >= 11 is 5.33. The minimum Gasteiger partial charge on any atom is -0.258 e. The second kappa shape index (κ2) is 2.84. The molecule has 0 unspecified atom stereocenters. The molecule has 0 aromatic heterocycles. The molecule has 0 N–H and O–H groups in total. The lowest BCUT2D eigenvalue weighted by Gasteiger charge is -1.92. The topological polar surface area (TPSA) is 43.1 Å². The van der Waals surface area contributed by atoms with Gasteiger partial charge in [-0.25, -0.2) is 0 Å². The van der Waals surface area contributed by atoms with E-state index < -0.39 is 16.4 Å². The zero-order chi connectivity index (χ0) is 8.43. The summed E-state index contributed by atoms with van der Waals surface area (Å²) in [6.45, 7) is 0. The van der Waals surface area contributed by atoms with Crippen LogP contribution in [0.1, 0.15) is 0 Å². The molecule has 1 aromatic rings. The fraction of sp³-hybridized carbons (Fsp3) is 0. The summed E-state index contributed by atoms with van der Waals surface area (Å²) in [7, 11) is 0. The first-order valence-electron chi connectivity index (χ1n) is 2.62. The molecule has 1 aromatic carbocycles. The molecule has 57 valence electrons. The molecule has 0 saturated carbocycles. The number of hydrogen-bond donors (Lipinski definition) is 0. The van der Waals surface area contributed by atoms with Gasteiger partial charge in [-0.1, -0.05) is 11.6 Å². The van der Waals surface area contributed by atoms with Crippen LogP contribution >= 0.6 is 11.6 Å². The summed E-state index contributed by atoms with van der Waals surface area (Å²) in [5, 5.41) is 10.1. The van der Waals surface area contributed by atoms with E-state index >= 15 is 0 Å². The van der Waals surface area contributed by atoms with Crippen LogP contribution in [0.3, 0.4) is 0 Å². The Morgan fingerprint density at radius 1 is 1.73 bits per heavy atom. The number of nitro benzene ring substituents is 1. The van der Waals surface area contributed by atoms with E-state index in [0.29, 0.717) is 0 Å². The van der Waals surface area contributed by atoms with Gasteiger partial charge in [-0.3, -0.25) is 10.1 Å². The highest BCUT2D eigenvalue weighted by Gasteiger charge is 2.13. The maximum Gasteiger partial charge on any atom is 0.306 e. The van der Waals surface area contributed by atoms with Crippen LogP contribution in [0.4, 0.5) is 10.1 Å². The van der Waals surface area contributed by atoms with Crippen molar-refractivity contribution < 1.29 is 9.31 Å². The molecule has 0 saturated heterocycles. The van der Waals surface area contributed by atoms with Gasteiger partial charge in [0, 0.05) is 12.1 Å². The predicted molar refractivity (Wildman–Crippen MR) is 36.9 cm³/mol.